The van der Waals surface area contributed by atoms with Crippen molar-refractivity contribution in [2.24, 2.45) is 0 Å². The van der Waals surface area contributed by atoms with Crippen molar-refractivity contribution in [2.45, 2.75) is 60.1 Å². The summed E-state index contributed by atoms with van der Waals surface area (Å²) in [6.07, 6.45) is -42.0. The molecule has 0 saturated heterocycles. The lowest BCUT2D eigenvalue weighted by molar-refractivity contribution is -0.532. The molecular weight excluding hydrogens is 554 g/mol. The summed E-state index contributed by atoms with van der Waals surface area (Å²) in [5, 5.41) is 0. The van der Waals surface area contributed by atoms with Crippen molar-refractivity contribution in [2.75, 3.05) is 0 Å². The summed E-state index contributed by atoms with van der Waals surface area (Å²) in [4.78, 5) is 0. The van der Waals surface area contributed by atoms with E-state index < -0.39 is 60.1 Å². The van der Waals surface area contributed by atoms with Crippen LogP contribution in [0.1, 0.15) is 0 Å². The first-order valence-electron chi connectivity index (χ1n) is 6.57. The van der Waals surface area contributed by atoms with Gasteiger partial charge in [0.05, 0.1) is 0 Å². The fraction of sp³-hybridized carbons (Fsp3) is 1.00. The standard InChI is InChI=1S/C10F22O/c11-1(2(12,13)6(20,21)22,3(14,15)7(23,24)25)9(29,30)33-10(31,32)5(18,19)4(16,17)8(26,27)28. The van der Waals surface area contributed by atoms with Crippen LogP contribution in [-0.4, -0.2) is 60.1 Å². The van der Waals surface area contributed by atoms with Gasteiger partial charge in [-0.1, -0.05) is 0 Å². The Morgan fingerprint density at radius 2 is 0.515 bits per heavy atom. The van der Waals surface area contributed by atoms with Crippen LogP contribution in [0.5, 0.6) is 0 Å². The zero-order valence-corrected chi connectivity index (χ0v) is 13.7. The number of alkyl halides is 22. The normalized spacial score (nSPS) is 16.9. The smallest absolute Gasteiger partial charge is 0.247 e. The van der Waals surface area contributed by atoms with E-state index in [4.69, 9.17) is 0 Å². The monoisotopic (exact) mass is 554 g/mol. The van der Waals surface area contributed by atoms with Crippen LogP contribution in [0, 0.1) is 0 Å². The van der Waals surface area contributed by atoms with Gasteiger partial charge in [0.2, 0.25) is 0 Å². The Hall–Kier alpha value is -1.58. The molecule has 0 fully saturated rings. The van der Waals surface area contributed by atoms with E-state index in [9.17, 15) is 96.6 Å². The van der Waals surface area contributed by atoms with Gasteiger partial charge in [-0.15, -0.1) is 0 Å². The average molecular weight is 554 g/mol. The summed E-state index contributed by atoms with van der Waals surface area (Å²) in [6, 6.07) is 0. The van der Waals surface area contributed by atoms with Gasteiger partial charge in [-0.2, -0.15) is 92.2 Å². The molecule has 0 aromatic rings. The van der Waals surface area contributed by atoms with Crippen molar-refractivity contribution in [3.63, 3.8) is 0 Å². The predicted octanol–water partition coefficient (Wildman–Crippen LogP) is 7.13. The number of halogens is 22. The highest BCUT2D eigenvalue weighted by atomic mass is 19.4. The molecule has 200 valence electrons. The van der Waals surface area contributed by atoms with E-state index in [2.05, 4.69) is 0 Å². The third-order valence-electron chi connectivity index (χ3n) is 3.35. The number of hydrogen-bond donors (Lipinski definition) is 0. The molecule has 0 aromatic carbocycles. The largest absolute Gasteiger partial charge is 0.460 e. The summed E-state index contributed by atoms with van der Waals surface area (Å²) in [5.41, 5.74) is -9.23. The van der Waals surface area contributed by atoms with Gasteiger partial charge in [-0.3, -0.25) is 0 Å². The topological polar surface area (TPSA) is 9.23 Å². The lowest BCUT2D eigenvalue weighted by atomic mass is 9.87. The molecule has 0 aliphatic heterocycles. The Bertz CT molecular complexity index is 678. The first kappa shape index (κ1) is 31.4. The van der Waals surface area contributed by atoms with E-state index in [-0.39, 0.29) is 0 Å². The van der Waals surface area contributed by atoms with Crippen LogP contribution in [0.2, 0.25) is 0 Å². The molecule has 0 heterocycles. The second kappa shape index (κ2) is 7.46. The van der Waals surface area contributed by atoms with E-state index in [1.165, 1.54) is 0 Å². The summed E-state index contributed by atoms with van der Waals surface area (Å²) in [7, 11) is 0. The lowest BCUT2D eigenvalue weighted by Gasteiger charge is -2.44. The van der Waals surface area contributed by atoms with E-state index in [1.54, 1.807) is 0 Å². The van der Waals surface area contributed by atoms with Gasteiger partial charge in [-0.05, 0) is 0 Å². The quantitative estimate of drug-likeness (QED) is 0.305. The fourth-order valence-electron chi connectivity index (χ4n) is 1.61. The number of ether oxygens (including phenoxy) is 1. The molecule has 1 nitrogen and oxygen atoms in total. The first-order chi connectivity index (χ1) is 13.7. The van der Waals surface area contributed by atoms with Gasteiger partial charge in [0.15, 0.2) is 0 Å². The van der Waals surface area contributed by atoms with Gasteiger partial charge < -0.3 is 0 Å². The average Bonchev–Trinajstić information content (AvgIpc) is 2.48. The van der Waals surface area contributed by atoms with Gasteiger partial charge >= 0.3 is 60.1 Å². The molecule has 0 radical (unpaired) electrons. The molecule has 0 spiro atoms. The molecule has 0 aromatic heterocycles. The summed E-state index contributed by atoms with van der Waals surface area (Å²) >= 11 is 0. The maximum atomic E-state index is 13.8. The molecule has 0 bridgehead atoms. The van der Waals surface area contributed by atoms with Gasteiger partial charge in [0.25, 0.3) is 0 Å². The molecule has 0 aliphatic rings. The van der Waals surface area contributed by atoms with E-state index in [0.717, 1.165) is 4.74 Å². The van der Waals surface area contributed by atoms with Crippen molar-refractivity contribution in [3.8, 4) is 0 Å². The first-order valence-corrected chi connectivity index (χ1v) is 6.57. The van der Waals surface area contributed by atoms with Crippen molar-refractivity contribution in [1.29, 1.82) is 0 Å². The van der Waals surface area contributed by atoms with Crippen molar-refractivity contribution in [3.05, 3.63) is 0 Å². The molecule has 33 heavy (non-hydrogen) atoms. The van der Waals surface area contributed by atoms with E-state index in [0.29, 0.717) is 0 Å². The maximum Gasteiger partial charge on any atom is 0.460 e. The minimum Gasteiger partial charge on any atom is -0.247 e. The molecular formula is C10F22O. The van der Waals surface area contributed by atoms with Gasteiger partial charge in [0.1, 0.15) is 0 Å². The summed E-state index contributed by atoms with van der Waals surface area (Å²) in [5.74, 6) is -34.6. The minimum absolute atomic E-state index is 0.768. The molecule has 0 atom stereocenters. The molecule has 0 saturated carbocycles. The zero-order chi connectivity index (χ0) is 27.7. The predicted molar refractivity (Wildman–Crippen MR) is 52.8 cm³/mol. The lowest BCUT2D eigenvalue weighted by Crippen LogP contribution is -2.77. The van der Waals surface area contributed by atoms with E-state index >= 15 is 0 Å². The minimum atomic E-state index is -9.23. The Morgan fingerprint density at radius 1 is 0.273 bits per heavy atom. The molecule has 0 rings (SSSR count). The molecule has 23 heteroatoms. The van der Waals surface area contributed by atoms with Crippen LogP contribution >= 0.6 is 0 Å². The Kier molecular flexibility index (Phi) is 7.10. The fourth-order valence-corrected chi connectivity index (χ4v) is 1.61. The van der Waals surface area contributed by atoms with Crippen molar-refractivity contribution in [1.82, 2.24) is 0 Å². The highest BCUT2D eigenvalue weighted by molar-refractivity contribution is 5.15. The molecule has 0 amide bonds. The van der Waals surface area contributed by atoms with Gasteiger partial charge in [0, 0.05) is 0 Å². The second-order valence-electron chi connectivity index (χ2n) is 5.58. The van der Waals surface area contributed by atoms with Crippen LogP contribution in [0.25, 0.3) is 0 Å². The SMILES string of the molecule is FC(F)(F)C(F)(F)C(F)(F)C(F)(F)OC(F)(F)C(F)(C(F)(F)C(F)(F)F)C(F)(F)C(F)(F)F. The molecule has 0 N–H and O–H groups in total. The highest BCUT2D eigenvalue weighted by Crippen LogP contribution is 2.64. The Labute approximate surface area is 163 Å². The summed E-state index contributed by atoms with van der Waals surface area (Å²) < 4.78 is 278. The molecule has 0 aliphatic carbocycles. The van der Waals surface area contributed by atoms with Crippen molar-refractivity contribution < 1.29 is 101 Å². The number of hydrogen-bond acceptors (Lipinski definition) is 1. The van der Waals surface area contributed by atoms with E-state index in [1.807, 2.05) is 0 Å². The van der Waals surface area contributed by atoms with Gasteiger partial charge in [-0.25, -0.2) is 9.13 Å². The van der Waals surface area contributed by atoms with Crippen molar-refractivity contribution >= 4 is 0 Å². The third kappa shape index (κ3) is 4.21. The maximum absolute atomic E-state index is 13.8. The third-order valence-corrected chi connectivity index (χ3v) is 3.35. The molecule has 0 unspecified atom stereocenters. The highest BCUT2D eigenvalue weighted by Gasteiger charge is 2.96. The summed E-state index contributed by atoms with van der Waals surface area (Å²) in [6.45, 7) is 0. The van der Waals surface area contributed by atoms with Crippen LogP contribution in [0.4, 0.5) is 96.6 Å². The van der Waals surface area contributed by atoms with Crippen LogP contribution in [0.15, 0.2) is 0 Å². The zero-order valence-electron chi connectivity index (χ0n) is 13.7. The number of rotatable bonds is 7. The van der Waals surface area contributed by atoms with Crippen LogP contribution < -0.4 is 0 Å². The Morgan fingerprint density at radius 3 is 0.727 bits per heavy atom. The van der Waals surface area contributed by atoms with Crippen LogP contribution in [-0.2, 0) is 4.74 Å². The second-order valence-corrected chi connectivity index (χ2v) is 5.58. The van der Waals surface area contributed by atoms with Crippen LogP contribution in [0.3, 0.4) is 0 Å². The Balaban J connectivity index is 7.15.